The Kier molecular flexibility index (Phi) is 4.96. The van der Waals surface area contributed by atoms with E-state index in [1.54, 1.807) is 24.3 Å². The van der Waals surface area contributed by atoms with Crippen LogP contribution in [0.4, 0.5) is 5.69 Å². The summed E-state index contributed by atoms with van der Waals surface area (Å²) in [5.41, 5.74) is 6.32. The molecule has 0 aliphatic rings. The maximum atomic E-state index is 12.8. The third-order valence-corrected chi connectivity index (χ3v) is 4.30. The van der Waals surface area contributed by atoms with Crippen LogP contribution in [0.15, 0.2) is 33.5 Å². The molecule has 17 heavy (non-hydrogen) atoms. The van der Waals surface area contributed by atoms with E-state index in [4.69, 9.17) is 5.73 Å². The van der Waals surface area contributed by atoms with Gasteiger partial charge in [-0.2, -0.15) is 0 Å². The van der Waals surface area contributed by atoms with Crippen LogP contribution in [0.2, 0.25) is 0 Å². The lowest BCUT2D eigenvalue weighted by Gasteiger charge is -2.15. The Hall–Kier alpha value is -1.07. The summed E-state index contributed by atoms with van der Waals surface area (Å²) in [6.45, 7) is 6.49. The molecule has 4 nitrogen and oxygen atoms in total. The minimum Gasteiger partial charge on any atom is -0.399 e. The zero-order chi connectivity index (χ0) is 12.9. The molecule has 0 aliphatic heterocycles. The summed E-state index contributed by atoms with van der Waals surface area (Å²) >= 11 is 0. The number of nitrogens with one attached hydrogen (secondary N) is 1. The first-order chi connectivity index (χ1) is 7.98. The van der Waals surface area contributed by atoms with Gasteiger partial charge in [0.2, 0.25) is 0 Å². The van der Waals surface area contributed by atoms with Crippen LogP contribution >= 0.6 is 0 Å². The lowest BCUT2D eigenvalue weighted by molar-refractivity contribution is 0.644. The predicted octanol–water partition coefficient (Wildman–Crippen LogP) is 2.42. The van der Waals surface area contributed by atoms with Gasteiger partial charge in [-0.1, -0.05) is 13.0 Å². The molecule has 0 spiro atoms. The second kappa shape index (κ2) is 6.02. The maximum absolute atomic E-state index is 12.8. The average molecular weight is 255 g/mol. The molecular weight excluding hydrogens is 234 g/mol. The molecule has 0 aliphatic carbocycles. The molecule has 0 heterocycles. The minimum absolute atomic E-state index is 0.101. The van der Waals surface area contributed by atoms with Gasteiger partial charge in [-0.3, -0.25) is 0 Å². The molecule has 0 saturated heterocycles. The summed E-state index contributed by atoms with van der Waals surface area (Å²) < 4.78 is 20.1. The Morgan fingerprint density at radius 1 is 1.47 bits per heavy atom. The van der Waals surface area contributed by atoms with Gasteiger partial charge in [0.05, 0.1) is 4.90 Å². The Morgan fingerprint density at radius 2 is 2.18 bits per heavy atom. The van der Waals surface area contributed by atoms with Crippen molar-refractivity contribution in [2.75, 3.05) is 12.3 Å². The molecule has 0 amide bonds. The third-order valence-electron chi connectivity index (χ3n) is 2.07. The molecule has 5 heteroatoms. The lowest BCUT2D eigenvalue weighted by atomic mass is 10.3. The monoisotopic (exact) mass is 255 g/mol. The molecule has 1 aromatic rings. The number of nitrogen functional groups attached to an aromatic ring is 1. The van der Waals surface area contributed by atoms with Crippen molar-refractivity contribution in [3.63, 3.8) is 0 Å². The number of nitrogens with two attached hydrogens (primary N) is 1. The van der Waals surface area contributed by atoms with Crippen LogP contribution < -0.4 is 10.5 Å². The summed E-state index contributed by atoms with van der Waals surface area (Å²) in [6, 6.07) is 7.20. The van der Waals surface area contributed by atoms with Crippen molar-refractivity contribution in [3.8, 4) is 0 Å². The highest BCUT2D eigenvalue weighted by Gasteiger charge is 2.13. The molecule has 1 rings (SSSR count). The van der Waals surface area contributed by atoms with Crippen molar-refractivity contribution >= 4 is 15.6 Å². The SMILES string of the molecule is CCCN=S(=O)(NC(C)C)c1cccc(N)c1. The number of anilines is 1. The minimum atomic E-state index is -2.56. The van der Waals surface area contributed by atoms with Gasteiger partial charge >= 0.3 is 0 Å². The molecule has 1 unspecified atom stereocenters. The molecule has 0 aromatic heterocycles. The summed E-state index contributed by atoms with van der Waals surface area (Å²) in [5, 5.41) is 0. The quantitative estimate of drug-likeness (QED) is 0.793. The largest absolute Gasteiger partial charge is 0.399 e. The van der Waals surface area contributed by atoms with Crippen LogP contribution in [0.25, 0.3) is 0 Å². The predicted molar refractivity (Wildman–Crippen MR) is 73.1 cm³/mol. The first-order valence-corrected chi connectivity index (χ1v) is 7.35. The van der Waals surface area contributed by atoms with Gasteiger partial charge in [0.15, 0.2) is 0 Å². The number of nitrogens with zero attached hydrogens (tertiary/aromatic N) is 1. The van der Waals surface area contributed by atoms with E-state index in [0.717, 1.165) is 6.42 Å². The molecule has 1 atom stereocenters. The molecule has 0 saturated carbocycles. The van der Waals surface area contributed by atoms with Gasteiger partial charge < -0.3 is 5.73 Å². The molecular formula is C12H21N3OS. The second-order valence-electron chi connectivity index (χ2n) is 4.22. The molecule has 3 N–H and O–H groups in total. The zero-order valence-electron chi connectivity index (χ0n) is 10.6. The normalized spacial score (nSPS) is 14.6. The summed E-state index contributed by atoms with van der Waals surface area (Å²) in [4.78, 5) is 0.652. The second-order valence-corrected chi connectivity index (χ2v) is 6.24. The van der Waals surface area contributed by atoms with Crippen LogP contribution in [0.3, 0.4) is 0 Å². The first kappa shape index (κ1) is 14.0. The number of hydrogen-bond donors (Lipinski definition) is 2. The van der Waals surface area contributed by atoms with Gasteiger partial charge in [-0.25, -0.2) is 13.3 Å². The van der Waals surface area contributed by atoms with Crippen LogP contribution in [-0.4, -0.2) is 16.8 Å². The van der Waals surface area contributed by atoms with E-state index < -0.39 is 9.92 Å². The maximum Gasteiger partial charge on any atom is 0.137 e. The summed E-state index contributed by atoms with van der Waals surface area (Å²) in [6.07, 6.45) is 0.874. The summed E-state index contributed by atoms with van der Waals surface area (Å²) in [7, 11) is -2.56. The van der Waals surface area contributed by atoms with Crippen LogP contribution in [0, 0.1) is 0 Å². The summed E-state index contributed by atoms with van der Waals surface area (Å²) in [5.74, 6) is 0. The fourth-order valence-corrected chi connectivity index (χ4v) is 3.40. The van der Waals surface area contributed by atoms with Gasteiger partial charge in [-0.15, -0.1) is 0 Å². The van der Waals surface area contributed by atoms with Gasteiger partial charge in [0, 0.05) is 18.3 Å². The van der Waals surface area contributed by atoms with E-state index in [1.165, 1.54) is 0 Å². The van der Waals surface area contributed by atoms with Crippen LogP contribution in [0.5, 0.6) is 0 Å². The molecule has 0 bridgehead atoms. The van der Waals surface area contributed by atoms with Crippen molar-refractivity contribution in [1.29, 1.82) is 0 Å². The first-order valence-electron chi connectivity index (χ1n) is 5.83. The standard InChI is InChI=1S/C12H21N3OS/c1-4-8-14-17(16,15-10(2)3)12-7-5-6-11(13)9-12/h5-7,9-10H,4,8,13H2,1-3H3,(H,14,15,16). The number of benzene rings is 1. The van der Waals surface area contributed by atoms with E-state index in [2.05, 4.69) is 9.08 Å². The van der Waals surface area contributed by atoms with Crippen molar-refractivity contribution in [2.24, 2.45) is 4.36 Å². The van der Waals surface area contributed by atoms with E-state index >= 15 is 0 Å². The fourth-order valence-electron chi connectivity index (χ4n) is 1.41. The smallest absolute Gasteiger partial charge is 0.137 e. The van der Waals surface area contributed by atoms with Gasteiger partial charge in [0.1, 0.15) is 9.92 Å². The molecule has 0 radical (unpaired) electrons. The van der Waals surface area contributed by atoms with E-state index in [-0.39, 0.29) is 6.04 Å². The van der Waals surface area contributed by atoms with Crippen LogP contribution in [-0.2, 0) is 9.92 Å². The molecule has 0 fully saturated rings. The van der Waals surface area contributed by atoms with Crippen molar-refractivity contribution in [2.45, 2.75) is 38.1 Å². The Bertz CT molecular complexity index is 476. The van der Waals surface area contributed by atoms with Crippen molar-refractivity contribution in [1.82, 2.24) is 4.72 Å². The van der Waals surface area contributed by atoms with Gasteiger partial charge in [0.25, 0.3) is 0 Å². The third kappa shape index (κ3) is 4.02. The lowest BCUT2D eigenvalue weighted by Crippen LogP contribution is -2.30. The topological polar surface area (TPSA) is 67.5 Å². The van der Waals surface area contributed by atoms with E-state index in [0.29, 0.717) is 17.1 Å². The number of rotatable bonds is 5. The highest BCUT2D eigenvalue weighted by atomic mass is 32.2. The average Bonchev–Trinajstić information content (AvgIpc) is 2.25. The van der Waals surface area contributed by atoms with E-state index in [9.17, 15) is 4.21 Å². The highest BCUT2D eigenvalue weighted by Crippen LogP contribution is 2.15. The Labute approximate surface area is 104 Å². The molecule has 96 valence electrons. The van der Waals surface area contributed by atoms with Gasteiger partial charge in [-0.05, 0) is 38.5 Å². The van der Waals surface area contributed by atoms with Crippen molar-refractivity contribution in [3.05, 3.63) is 24.3 Å². The van der Waals surface area contributed by atoms with Crippen molar-refractivity contribution < 1.29 is 4.21 Å². The highest BCUT2D eigenvalue weighted by molar-refractivity contribution is 7.91. The zero-order valence-corrected chi connectivity index (χ0v) is 11.5. The molecule has 1 aromatic carbocycles. The Balaban J connectivity index is 3.19. The number of hydrogen-bond acceptors (Lipinski definition) is 3. The van der Waals surface area contributed by atoms with Crippen LogP contribution in [0.1, 0.15) is 27.2 Å². The Morgan fingerprint density at radius 3 is 2.71 bits per heavy atom. The van der Waals surface area contributed by atoms with E-state index in [1.807, 2.05) is 20.8 Å². The fraction of sp³-hybridized carbons (Fsp3) is 0.500.